The van der Waals surface area contributed by atoms with Crippen molar-refractivity contribution in [2.24, 2.45) is 0 Å². The van der Waals surface area contributed by atoms with Gasteiger partial charge in [-0.1, -0.05) is 29.8 Å². The zero-order valence-electron chi connectivity index (χ0n) is 15.2. The van der Waals surface area contributed by atoms with Crippen LogP contribution in [0.15, 0.2) is 48.5 Å². The molecule has 6 heteroatoms. The number of amides is 1. The fourth-order valence-corrected chi connectivity index (χ4v) is 3.57. The maximum absolute atomic E-state index is 12.6. The van der Waals surface area contributed by atoms with Crippen LogP contribution in [0.3, 0.4) is 0 Å². The topological polar surface area (TPSA) is 46.0 Å². The lowest BCUT2D eigenvalue weighted by molar-refractivity contribution is -0.914. The first kappa shape index (κ1) is 18.5. The number of hydrogen-bond donors (Lipinski definition) is 2. The number of anilines is 2. The predicted octanol–water partition coefficient (Wildman–Crippen LogP) is 2.08. The third-order valence-electron chi connectivity index (χ3n) is 4.94. The number of quaternary nitrogens is 1. The highest BCUT2D eigenvalue weighted by atomic mass is 35.5. The Kier molecular flexibility index (Phi) is 6.01. The van der Waals surface area contributed by atoms with Crippen LogP contribution in [0.5, 0.6) is 5.75 Å². The van der Waals surface area contributed by atoms with E-state index in [4.69, 9.17) is 16.3 Å². The molecule has 26 heavy (non-hydrogen) atoms. The summed E-state index contributed by atoms with van der Waals surface area (Å²) in [4.78, 5) is 16.2. The summed E-state index contributed by atoms with van der Waals surface area (Å²) in [7, 11) is 1.62. The minimum atomic E-state index is -0.116. The Hall–Kier alpha value is -2.24. The van der Waals surface area contributed by atoms with Crippen LogP contribution < -0.4 is 19.9 Å². The predicted molar refractivity (Wildman–Crippen MR) is 105 cm³/mol. The van der Waals surface area contributed by atoms with Gasteiger partial charge >= 0.3 is 0 Å². The summed E-state index contributed by atoms with van der Waals surface area (Å²) in [5, 5.41) is 3.77. The molecule has 1 heterocycles. The summed E-state index contributed by atoms with van der Waals surface area (Å²) in [6, 6.07) is 15.2. The van der Waals surface area contributed by atoms with E-state index in [2.05, 4.69) is 10.2 Å². The van der Waals surface area contributed by atoms with Gasteiger partial charge in [0.2, 0.25) is 0 Å². The molecule has 138 valence electrons. The summed E-state index contributed by atoms with van der Waals surface area (Å²) < 4.78 is 5.20. The molecule has 1 amide bonds. The number of para-hydroxylation sites is 1. The van der Waals surface area contributed by atoms with E-state index in [1.807, 2.05) is 55.5 Å². The Morgan fingerprint density at radius 3 is 2.62 bits per heavy atom. The van der Waals surface area contributed by atoms with E-state index in [0.717, 1.165) is 48.3 Å². The van der Waals surface area contributed by atoms with Crippen LogP contribution >= 0.6 is 11.6 Å². The molecule has 2 N–H and O–H groups in total. The van der Waals surface area contributed by atoms with Gasteiger partial charge in [-0.3, -0.25) is 4.79 Å². The molecule has 0 aromatic heterocycles. The van der Waals surface area contributed by atoms with Crippen LogP contribution in [-0.4, -0.2) is 45.2 Å². The van der Waals surface area contributed by atoms with Crippen LogP contribution in [0.2, 0.25) is 5.02 Å². The molecule has 1 atom stereocenters. The van der Waals surface area contributed by atoms with Gasteiger partial charge in [0, 0.05) is 11.8 Å². The average molecular weight is 375 g/mol. The second-order valence-corrected chi connectivity index (χ2v) is 6.95. The number of nitrogens with zero attached hydrogens (tertiary/aromatic N) is 1. The van der Waals surface area contributed by atoms with E-state index in [9.17, 15) is 4.79 Å². The number of nitrogens with one attached hydrogen (secondary N) is 2. The molecule has 0 bridgehead atoms. The minimum absolute atomic E-state index is 0.0273. The zero-order valence-corrected chi connectivity index (χ0v) is 15.9. The van der Waals surface area contributed by atoms with Crippen LogP contribution in [0, 0.1) is 0 Å². The van der Waals surface area contributed by atoms with Gasteiger partial charge in [-0.15, -0.1) is 0 Å². The number of rotatable bonds is 5. The number of methoxy groups -OCH3 is 1. The van der Waals surface area contributed by atoms with E-state index in [0.29, 0.717) is 0 Å². The third-order valence-corrected chi connectivity index (χ3v) is 5.26. The van der Waals surface area contributed by atoms with Gasteiger partial charge in [0.1, 0.15) is 5.75 Å². The van der Waals surface area contributed by atoms with E-state index in [1.165, 1.54) is 4.90 Å². The molecule has 0 unspecified atom stereocenters. The van der Waals surface area contributed by atoms with Crippen LogP contribution in [0.25, 0.3) is 0 Å². The summed E-state index contributed by atoms with van der Waals surface area (Å²) in [5.74, 6) is 0.760. The van der Waals surface area contributed by atoms with Gasteiger partial charge in [0.15, 0.2) is 6.04 Å². The van der Waals surface area contributed by atoms with Crippen LogP contribution in [-0.2, 0) is 4.79 Å². The molecule has 3 rings (SSSR count). The average Bonchev–Trinajstić information content (AvgIpc) is 2.68. The maximum atomic E-state index is 12.6. The largest absolute Gasteiger partial charge is 0.497 e. The van der Waals surface area contributed by atoms with Gasteiger partial charge in [0.05, 0.1) is 44.0 Å². The molecule has 1 saturated heterocycles. The minimum Gasteiger partial charge on any atom is -0.497 e. The lowest BCUT2D eigenvalue weighted by Crippen LogP contribution is -3.19. The SMILES string of the molecule is COc1cccc(NC(=O)[C@@H](C)[NH+]2CCN(c3ccccc3Cl)CC2)c1. The first-order valence-corrected chi connectivity index (χ1v) is 9.25. The third kappa shape index (κ3) is 4.29. The monoisotopic (exact) mass is 374 g/mol. The van der Waals surface area contributed by atoms with Gasteiger partial charge in [-0.05, 0) is 31.2 Å². The number of halogens is 1. The Morgan fingerprint density at radius 2 is 1.92 bits per heavy atom. The summed E-state index contributed by atoms with van der Waals surface area (Å²) in [5.41, 5.74) is 1.83. The highest BCUT2D eigenvalue weighted by Gasteiger charge is 2.29. The highest BCUT2D eigenvalue weighted by Crippen LogP contribution is 2.24. The molecule has 2 aromatic carbocycles. The van der Waals surface area contributed by atoms with E-state index in [1.54, 1.807) is 7.11 Å². The molecular weight excluding hydrogens is 350 g/mol. The highest BCUT2D eigenvalue weighted by molar-refractivity contribution is 6.33. The van der Waals surface area contributed by atoms with Crippen LogP contribution in [0.4, 0.5) is 11.4 Å². The standard InChI is InChI=1S/C20H24ClN3O2/c1-15(20(25)22-16-6-5-7-17(14-16)26-2)23-10-12-24(13-11-23)19-9-4-3-8-18(19)21/h3-9,14-15H,10-13H2,1-2H3,(H,22,25)/p+1/t15-/m1/s1. The Morgan fingerprint density at radius 1 is 1.19 bits per heavy atom. The van der Waals surface area contributed by atoms with E-state index in [-0.39, 0.29) is 11.9 Å². The molecule has 0 radical (unpaired) electrons. The van der Waals surface area contributed by atoms with Crippen LogP contribution in [0.1, 0.15) is 6.92 Å². The molecule has 1 aliphatic heterocycles. The Labute approximate surface area is 159 Å². The van der Waals surface area contributed by atoms with Crippen molar-refractivity contribution in [2.75, 3.05) is 43.5 Å². The van der Waals surface area contributed by atoms with Crippen molar-refractivity contribution in [3.05, 3.63) is 53.6 Å². The smallest absolute Gasteiger partial charge is 0.282 e. The van der Waals surface area contributed by atoms with Crippen molar-refractivity contribution in [2.45, 2.75) is 13.0 Å². The number of hydrogen-bond acceptors (Lipinski definition) is 3. The lowest BCUT2D eigenvalue weighted by Gasteiger charge is -2.36. The van der Waals surface area contributed by atoms with Crippen molar-refractivity contribution < 1.29 is 14.4 Å². The molecule has 0 saturated carbocycles. The van der Waals surface area contributed by atoms with Crippen molar-refractivity contribution >= 4 is 28.9 Å². The molecule has 5 nitrogen and oxygen atoms in total. The molecule has 1 fully saturated rings. The molecule has 1 aliphatic rings. The van der Waals surface area contributed by atoms with Gasteiger partial charge in [-0.2, -0.15) is 0 Å². The fraction of sp³-hybridized carbons (Fsp3) is 0.350. The van der Waals surface area contributed by atoms with E-state index >= 15 is 0 Å². The Balaban J connectivity index is 1.56. The number of ether oxygens (including phenoxy) is 1. The maximum Gasteiger partial charge on any atom is 0.282 e. The summed E-state index contributed by atoms with van der Waals surface area (Å²) in [6.07, 6.45) is 0. The number of carbonyl (C=O) groups is 1. The molecule has 0 spiro atoms. The fourth-order valence-electron chi connectivity index (χ4n) is 3.31. The molecular formula is C20H25ClN3O2+. The van der Waals surface area contributed by atoms with Gasteiger partial charge < -0.3 is 19.9 Å². The van der Waals surface area contributed by atoms with Gasteiger partial charge in [-0.25, -0.2) is 0 Å². The molecule has 0 aliphatic carbocycles. The summed E-state index contributed by atoms with van der Waals surface area (Å²) in [6.45, 7) is 5.55. The first-order valence-electron chi connectivity index (χ1n) is 8.87. The molecule has 2 aromatic rings. The van der Waals surface area contributed by atoms with Crippen molar-refractivity contribution in [1.29, 1.82) is 0 Å². The number of piperazine rings is 1. The van der Waals surface area contributed by atoms with Crippen molar-refractivity contribution in [3.8, 4) is 5.75 Å². The lowest BCUT2D eigenvalue weighted by atomic mass is 10.2. The van der Waals surface area contributed by atoms with E-state index < -0.39 is 0 Å². The summed E-state index contributed by atoms with van der Waals surface area (Å²) >= 11 is 6.30. The number of benzene rings is 2. The number of carbonyl (C=O) groups excluding carboxylic acids is 1. The quantitative estimate of drug-likeness (QED) is 0.842. The van der Waals surface area contributed by atoms with Gasteiger partial charge in [0.25, 0.3) is 5.91 Å². The second-order valence-electron chi connectivity index (χ2n) is 6.54. The normalized spacial score (nSPS) is 16.2. The van der Waals surface area contributed by atoms with Crippen molar-refractivity contribution in [1.82, 2.24) is 0 Å². The first-order chi connectivity index (χ1) is 12.6. The second kappa shape index (κ2) is 8.43. The van der Waals surface area contributed by atoms with Crippen molar-refractivity contribution in [3.63, 3.8) is 0 Å². The zero-order chi connectivity index (χ0) is 18.5. The Bertz CT molecular complexity index is 760.